The normalized spacial score (nSPS) is 10.9. The van der Waals surface area contributed by atoms with Crippen LogP contribution in [0, 0.1) is 6.92 Å². The number of nitrogens with one attached hydrogen (secondary N) is 2. The maximum atomic E-state index is 11.9. The number of rotatable bonds is 6. The Morgan fingerprint density at radius 3 is 2.35 bits per heavy atom. The predicted octanol–water partition coefficient (Wildman–Crippen LogP) is 2.60. The Bertz CT molecular complexity index is 927. The molecule has 2 aromatic carbocycles. The molecule has 0 saturated heterocycles. The lowest BCUT2D eigenvalue weighted by atomic mass is 10.2. The molecule has 7 nitrogen and oxygen atoms in total. The van der Waals surface area contributed by atoms with Gasteiger partial charge in [-0.2, -0.15) is 0 Å². The van der Waals surface area contributed by atoms with Gasteiger partial charge in [0, 0.05) is 17.1 Å². The van der Waals surface area contributed by atoms with Crippen LogP contribution in [0.2, 0.25) is 0 Å². The van der Waals surface area contributed by atoms with Crippen LogP contribution < -0.4 is 14.8 Å². The minimum absolute atomic E-state index is 0.0766. The van der Waals surface area contributed by atoms with Gasteiger partial charge in [-0.25, -0.2) is 13.1 Å². The maximum Gasteiger partial charge on any atom is 0.264 e. The topological polar surface area (TPSA) is 102 Å². The van der Waals surface area contributed by atoms with Crippen molar-refractivity contribution in [3.05, 3.63) is 52.5 Å². The minimum Gasteiger partial charge on any atom is -0.484 e. The van der Waals surface area contributed by atoms with E-state index in [-0.39, 0.29) is 17.4 Å². The van der Waals surface area contributed by atoms with Crippen LogP contribution in [0.15, 0.2) is 51.8 Å². The lowest BCUT2D eigenvalue weighted by Gasteiger charge is -2.09. The standard InChI is InChI=1S/C17H17BrN2O5S/c1-11-9-14(5-8-16(11)18)25-10-17(22)19-13-3-6-15(7-4-13)26(23,24)20-12(2)21/h3-9H,10H2,1-2H3,(H,19,22)(H,20,21). The number of sulfonamides is 1. The zero-order valence-electron chi connectivity index (χ0n) is 14.1. The molecule has 2 rings (SSSR count). The first-order chi connectivity index (χ1) is 12.2. The van der Waals surface area contributed by atoms with Crippen LogP contribution in [0.1, 0.15) is 12.5 Å². The summed E-state index contributed by atoms with van der Waals surface area (Å²) in [5, 5.41) is 2.60. The largest absolute Gasteiger partial charge is 0.484 e. The zero-order valence-corrected chi connectivity index (χ0v) is 16.5. The maximum absolute atomic E-state index is 11.9. The molecule has 0 aliphatic heterocycles. The van der Waals surface area contributed by atoms with Crippen molar-refractivity contribution in [2.75, 3.05) is 11.9 Å². The van der Waals surface area contributed by atoms with Crippen molar-refractivity contribution in [1.29, 1.82) is 0 Å². The van der Waals surface area contributed by atoms with Crippen molar-refractivity contribution in [3.8, 4) is 5.75 Å². The van der Waals surface area contributed by atoms with Gasteiger partial charge in [-0.15, -0.1) is 0 Å². The third-order valence-electron chi connectivity index (χ3n) is 3.23. The number of aryl methyl sites for hydroxylation is 1. The summed E-state index contributed by atoms with van der Waals surface area (Å²) in [7, 11) is -3.90. The third-order valence-corrected chi connectivity index (χ3v) is 5.56. The van der Waals surface area contributed by atoms with Gasteiger partial charge in [-0.3, -0.25) is 9.59 Å². The van der Waals surface area contributed by atoms with Crippen LogP contribution in [0.3, 0.4) is 0 Å². The number of hydrogen-bond acceptors (Lipinski definition) is 5. The van der Waals surface area contributed by atoms with Crippen LogP contribution in [-0.2, 0) is 19.6 Å². The molecule has 0 aliphatic rings. The number of carbonyl (C=O) groups excluding carboxylic acids is 2. The second-order valence-electron chi connectivity index (χ2n) is 5.43. The molecule has 0 atom stereocenters. The van der Waals surface area contributed by atoms with Crippen LogP contribution in [0.5, 0.6) is 5.75 Å². The first-order valence-electron chi connectivity index (χ1n) is 7.49. The molecule has 2 N–H and O–H groups in total. The lowest BCUT2D eigenvalue weighted by Crippen LogP contribution is -2.28. The van der Waals surface area contributed by atoms with Crippen molar-refractivity contribution in [1.82, 2.24) is 4.72 Å². The van der Waals surface area contributed by atoms with E-state index in [4.69, 9.17) is 4.74 Å². The van der Waals surface area contributed by atoms with Gasteiger partial charge >= 0.3 is 0 Å². The number of hydrogen-bond donors (Lipinski definition) is 2. The highest BCUT2D eigenvalue weighted by Crippen LogP contribution is 2.21. The number of carbonyl (C=O) groups is 2. The van der Waals surface area contributed by atoms with E-state index < -0.39 is 15.9 Å². The van der Waals surface area contributed by atoms with Gasteiger partial charge in [0.2, 0.25) is 5.91 Å². The van der Waals surface area contributed by atoms with Gasteiger partial charge < -0.3 is 10.1 Å². The molecule has 138 valence electrons. The number of ether oxygens (including phenoxy) is 1. The average molecular weight is 441 g/mol. The number of anilines is 1. The quantitative estimate of drug-likeness (QED) is 0.718. The molecule has 0 radical (unpaired) electrons. The van der Waals surface area contributed by atoms with E-state index in [0.717, 1.165) is 17.0 Å². The van der Waals surface area contributed by atoms with E-state index in [2.05, 4.69) is 21.2 Å². The van der Waals surface area contributed by atoms with Crippen LogP contribution in [-0.4, -0.2) is 26.8 Å². The smallest absolute Gasteiger partial charge is 0.264 e. The van der Waals surface area contributed by atoms with Gasteiger partial charge in [-0.05, 0) is 55.0 Å². The molecule has 0 aliphatic carbocycles. The fourth-order valence-electron chi connectivity index (χ4n) is 2.02. The van der Waals surface area contributed by atoms with Crippen molar-refractivity contribution < 1.29 is 22.7 Å². The number of benzene rings is 2. The Balaban J connectivity index is 1.95. The van der Waals surface area contributed by atoms with Gasteiger partial charge in [0.1, 0.15) is 5.75 Å². The number of halogens is 1. The van der Waals surface area contributed by atoms with Crippen molar-refractivity contribution >= 4 is 43.5 Å². The second kappa shape index (κ2) is 8.33. The summed E-state index contributed by atoms with van der Waals surface area (Å²) in [5.41, 5.74) is 1.39. The molecule has 0 fully saturated rings. The van der Waals surface area contributed by atoms with E-state index >= 15 is 0 Å². The third kappa shape index (κ3) is 5.57. The highest BCUT2D eigenvalue weighted by atomic mass is 79.9. The van der Waals surface area contributed by atoms with E-state index in [1.165, 1.54) is 24.3 Å². The molecule has 2 aromatic rings. The van der Waals surface area contributed by atoms with Crippen molar-refractivity contribution in [3.63, 3.8) is 0 Å². The average Bonchev–Trinajstić information content (AvgIpc) is 2.55. The monoisotopic (exact) mass is 440 g/mol. The van der Waals surface area contributed by atoms with Crippen LogP contribution >= 0.6 is 15.9 Å². The molecular weight excluding hydrogens is 424 g/mol. The molecule has 0 saturated carbocycles. The van der Waals surface area contributed by atoms with E-state index in [1.54, 1.807) is 12.1 Å². The van der Waals surface area contributed by atoms with Gasteiger partial charge in [-0.1, -0.05) is 15.9 Å². The Morgan fingerprint density at radius 1 is 1.12 bits per heavy atom. The summed E-state index contributed by atoms with van der Waals surface area (Å²) in [6.45, 7) is 2.83. The van der Waals surface area contributed by atoms with E-state index in [9.17, 15) is 18.0 Å². The molecule has 9 heteroatoms. The first-order valence-corrected chi connectivity index (χ1v) is 9.77. The molecule has 0 unspecified atom stereocenters. The summed E-state index contributed by atoms with van der Waals surface area (Å²) >= 11 is 3.39. The highest BCUT2D eigenvalue weighted by molar-refractivity contribution is 9.10. The van der Waals surface area contributed by atoms with Gasteiger partial charge in [0.05, 0.1) is 4.90 Å². The molecule has 0 spiro atoms. The summed E-state index contributed by atoms with van der Waals surface area (Å²) < 4.78 is 31.9. The van der Waals surface area contributed by atoms with E-state index in [1.807, 2.05) is 17.7 Å². The molecular formula is C17H17BrN2O5S. The first kappa shape index (κ1) is 19.9. The van der Waals surface area contributed by atoms with Gasteiger partial charge in [0.25, 0.3) is 15.9 Å². The fraction of sp³-hybridized carbons (Fsp3) is 0.176. The Kier molecular flexibility index (Phi) is 6.38. The highest BCUT2D eigenvalue weighted by Gasteiger charge is 2.15. The minimum atomic E-state index is -3.90. The number of amides is 2. The molecule has 26 heavy (non-hydrogen) atoms. The van der Waals surface area contributed by atoms with Gasteiger partial charge in [0.15, 0.2) is 6.61 Å². The summed E-state index contributed by atoms with van der Waals surface area (Å²) in [4.78, 5) is 22.8. The van der Waals surface area contributed by atoms with Crippen LogP contribution in [0.25, 0.3) is 0 Å². The van der Waals surface area contributed by atoms with Crippen molar-refractivity contribution in [2.24, 2.45) is 0 Å². The summed E-state index contributed by atoms with van der Waals surface area (Å²) in [6.07, 6.45) is 0. The fourth-order valence-corrected chi connectivity index (χ4v) is 3.26. The van der Waals surface area contributed by atoms with Crippen LogP contribution in [0.4, 0.5) is 5.69 Å². The molecule has 0 bridgehead atoms. The Morgan fingerprint density at radius 2 is 1.77 bits per heavy atom. The molecule has 0 aromatic heterocycles. The van der Waals surface area contributed by atoms with E-state index in [0.29, 0.717) is 11.4 Å². The molecule has 2 amide bonds. The molecule has 0 heterocycles. The van der Waals surface area contributed by atoms with Crippen molar-refractivity contribution in [2.45, 2.75) is 18.7 Å². The SMILES string of the molecule is CC(=O)NS(=O)(=O)c1ccc(NC(=O)COc2ccc(Br)c(C)c2)cc1. The summed E-state index contributed by atoms with van der Waals surface area (Å²) in [5.74, 6) is -0.497. The second-order valence-corrected chi connectivity index (χ2v) is 7.97. The Labute approximate surface area is 159 Å². The predicted molar refractivity (Wildman–Crippen MR) is 100 cm³/mol. The Hall–Kier alpha value is -2.39. The lowest BCUT2D eigenvalue weighted by molar-refractivity contribution is -0.118. The summed E-state index contributed by atoms with van der Waals surface area (Å²) in [6, 6.07) is 10.8. The zero-order chi connectivity index (χ0) is 19.3.